The minimum Gasteiger partial charge on any atom is -0.480 e. The fraction of sp³-hybridized carbons (Fsp3) is 0.529. The molecule has 0 radical (unpaired) electrons. The number of carboxylic acids is 1. The maximum Gasteiger partial charge on any atom is 0.317 e. The summed E-state index contributed by atoms with van der Waals surface area (Å²) in [4.78, 5) is 24.8. The molecule has 0 bridgehead atoms. The molecule has 1 aliphatic rings. The molecule has 2 N–H and O–H groups in total. The number of likely N-dealkylation sites (N-methyl/N-ethyl adjacent to an activating group) is 1. The van der Waals surface area contributed by atoms with Gasteiger partial charge >= 0.3 is 5.97 Å². The van der Waals surface area contributed by atoms with Crippen LogP contribution in [0.15, 0.2) is 24.3 Å². The highest BCUT2D eigenvalue weighted by molar-refractivity contribution is 5.81. The van der Waals surface area contributed by atoms with Gasteiger partial charge in [-0.1, -0.05) is 19.1 Å². The summed E-state index contributed by atoms with van der Waals surface area (Å²) in [6.07, 6.45) is 0.612. The van der Waals surface area contributed by atoms with E-state index in [0.29, 0.717) is 19.4 Å². The van der Waals surface area contributed by atoms with Gasteiger partial charge in [0.1, 0.15) is 0 Å². The highest BCUT2D eigenvalue weighted by atomic mass is 19.1. The second-order valence-corrected chi connectivity index (χ2v) is 5.98. The fourth-order valence-electron chi connectivity index (χ4n) is 2.78. The van der Waals surface area contributed by atoms with Crippen molar-refractivity contribution < 1.29 is 23.8 Å². The first-order chi connectivity index (χ1) is 11.4. The van der Waals surface area contributed by atoms with Gasteiger partial charge in [0, 0.05) is 12.1 Å². The molecule has 1 fully saturated rings. The van der Waals surface area contributed by atoms with Gasteiger partial charge in [-0.05, 0) is 38.4 Å². The number of hydrogen-bond acceptors (Lipinski definition) is 4. The number of carbonyl (C=O) groups excluding carboxylic acids is 1. The Hall–Kier alpha value is -2.15. The van der Waals surface area contributed by atoms with Crippen molar-refractivity contribution in [2.75, 3.05) is 13.1 Å². The highest BCUT2D eigenvalue weighted by Gasteiger charge is 2.35. The Morgan fingerprint density at radius 2 is 2.08 bits per heavy atom. The van der Waals surface area contributed by atoms with Crippen molar-refractivity contribution in [3.05, 3.63) is 30.1 Å². The number of benzene rings is 1. The van der Waals surface area contributed by atoms with Gasteiger partial charge in [0.25, 0.3) is 5.91 Å². The monoisotopic (exact) mass is 338 g/mol. The quantitative estimate of drug-likeness (QED) is 0.753. The number of amides is 1. The Bertz CT molecular complexity index is 590. The van der Waals surface area contributed by atoms with E-state index < -0.39 is 17.9 Å². The first-order valence-corrected chi connectivity index (χ1v) is 8.08. The molecule has 1 saturated carbocycles. The van der Waals surface area contributed by atoms with Gasteiger partial charge < -0.3 is 15.2 Å². The van der Waals surface area contributed by atoms with E-state index >= 15 is 0 Å². The second kappa shape index (κ2) is 8.10. The molecule has 0 spiro atoms. The molecule has 0 saturated heterocycles. The van der Waals surface area contributed by atoms with E-state index in [1.54, 1.807) is 19.1 Å². The van der Waals surface area contributed by atoms with Gasteiger partial charge in [0.05, 0.1) is 6.54 Å². The van der Waals surface area contributed by atoms with Gasteiger partial charge in [-0.15, -0.1) is 0 Å². The van der Waals surface area contributed by atoms with Crippen molar-refractivity contribution >= 4 is 11.9 Å². The third-order valence-electron chi connectivity index (χ3n) is 4.23. The van der Waals surface area contributed by atoms with Crippen molar-refractivity contribution in [3.8, 4) is 5.75 Å². The zero-order chi connectivity index (χ0) is 17.7. The van der Waals surface area contributed by atoms with E-state index in [-0.39, 0.29) is 30.3 Å². The molecule has 132 valence electrons. The van der Waals surface area contributed by atoms with E-state index in [0.717, 1.165) is 0 Å². The van der Waals surface area contributed by atoms with Crippen molar-refractivity contribution in [2.45, 2.75) is 44.9 Å². The van der Waals surface area contributed by atoms with Crippen LogP contribution in [-0.2, 0) is 9.59 Å². The van der Waals surface area contributed by atoms with Crippen molar-refractivity contribution in [1.82, 2.24) is 10.2 Å². The molecule has 1 amide bonds. The lowest BCUT2D eigenvalue weighted by molar-refractivity contribution is -0.140. The zero-order valence-electron chi connectivity index (χ0n) is 13.9. The predicted molar refractivity (Wildman–Crippen MR) is 86.3 cm³/mol. The number of ether oxygens (including phenoxy) is 1. The second-order valence-electron chi connectivity index (χ2n) is 5.98. The summed E-state index contributed by atoms with van der Waals surface area (Å²) >= 11 is 0. The first-order valence-electron chi connectivity index (χ1n) is 8.08. The predicted octanol–water partition coefficient (Wildman–Crippen LogP) is 1.65. The molecular weight excluding hydrogens is 315 g/mol. The minimum atomic E-state index is -0.851. The minimum absolute atomic E-state index is 0.00276. The van der Waals surface area contributed by atoms with Gasteiger partial charge in [0.15, 0.2) is 17.7 Å². The van der Waals surface area contributed by atoms with Crippen LogP contribution in [0.4, 0.5) is 4.39 Å². The molecule has 1 unspecified atom stereocenters. The van der Waals surface area contributed by atoms with Gasteiger partial charge in [0.2, 0.25) is 0 Å². The normalized spacial score (nSPS) is 21.0. The molecule has 6 nitrogen and oxygen atoms in total. The zero-order valence-corrected chi connectivity index (χ0v) is 13.9. The van der Waals surface area contributed by atoms with Crippen LogP contribution in [0.3, 0.4) is 0 Å². The maximum atomic E-state index is 13.5. The SMILES string of the molecule is CCN(CC(=O)O)C1CC(NC(=O)C(C)Oc2ccccc2F)C1. The number of nitrogens with one attached hydrogen (secondary N) is 1. The molecule has 2 rings (SSSR count). The lowest BCUT2D eigenvalue weighted by atomic mass is 9.85. The van der Waals surface area contributed by atoms with Crippen LogP contribution >= 0.6 is 0 Å². The van der Waals surface area contributed by atoms with Crippen LogP contribution in [0.1, 0.15) is 26.7 Å². The number of carbonyl (C=O) groups is 2. The molecule has 0 heterocycles. The van der Waals surface area contributed by atoms with Gasteiger partial charge in [-0.2, -0.15) is 0 Å². The average molecular weight is 338 g/mol. The Labute approximate surface area is 140 Å². The maximum absolute atomic E-state index is 13.5. The summed E-state index contributed by atoms with van der Waals surface area (Å²) in [5.41, 5.74) is 0. The van der Waals surface area contributed by atoms with E-state index in [1.165, 1.54) is 12.1 Å². The van der Waals surface area contributed by atoms with E-state index in [1.807, 2.05) is 11.8 Å². The van der Waals surface area contributed by atoms with Crippen LogP contribution < -0.4 is 10.1 Å². The van der Waals surface area contributed by atoms with Crippen LogP contribution in [0.25, 0.3) is 0 Å². The average Bonchev–Trinajstić information content (AvgIpc) is 2.50. The molecule has 1 aromatic rings. The summed E-state index contributed by atoms with van der Waals surface area (Å²) in [5.74, 6) is -1.61. The van der Waals surface area contributed by atoms with E-state index in [2.05, 4.69) is 5.32 Å². The molecule has 0 aliphatic heterocycles. The molecule has 0 aromatic heterocycles. The molecule has 7 heteroatoms. The lowest BCUT2D eigenvalue weighted by Crippen LogP contribution is -2.56. The number of para-hydroxylation sites is 1. The van der Waals surface area contributed by atoms with Crippen molar-refractivity contribution in [1.29, 1.82) is 0 Å². The number of halogens is 1. The third kappa shape index (κ3) is 4.67. The van der Waals surface area contributed by atoms with Crippen molar-refractivity contribution in [3.63, 3.8) is 0 Å². The summed E-state index contributed by atoms with van der Waals surface area (Å²) < 4.78 is 18.9. The highest BCUT2D eigenvalue weighted by Crippen LogP contribution is 2.26. The lowest BCUT2D eigenvalue weighted by Gasteiger charge is -2.42. The van der Waals surface area contributed by atoms with Gasteiger partial charge in [-0.25, -0.2) is 4.39 Å². The van der Waals surface area contributed by atoms with E-state index in [4.69, 9.17) is 9.84 Å². The summed E-state index contributed by atoms with van der Waals surface area (Å²) in [6.45, 7) is 4.15. The summed E-state index contributed by atoms with van der Waals surface area (Å²) in [6, 6.07) is 6.11. The number of nitrogens with zero attached hydrogens (tertiary/aromatic N) is 1. The Balaban J connectivity index is 1.78. The van der Waals surface area contributed by atoms with Crippen LogP contribution in [0, 0.1) is 5.82 Å². The van der Waals surface area contributed by atoms with Gasteiger partial charge in [-0.3, -0.25) is 14.5 Å². The molecule has 1 atom stereocenters. The molecule has 1 aliphatic carbocycles. The Morgan fingerprint density at radius 1 is 1.42 bits per heavy atom. The topological polar surface area (TPSA) is 78.9 Å². The summed E-state index contributed by atoms with van der Waals surface area (Å²) in [5, 5.41) is 11.7. The first kappa shape index (κ1) is 18.2. The Kier molecular flexibility index (Phi) is 6.14. The number of aliphatic carboxylic acids is 1. The standard InChI is InChI=1S/C17H23FN2O4/c1-3-20(10-16(21)22)13-8-12(9-13)19-17(23)11(2)24-15-7-5-4-6-14(15)18/h4-7,11-13H,3,8-10H2,1-2H3,(H,19,23)(H,21,22). The Morgan fingerprint density at radius 3 is 2.67 bits per heavy atom. The van der Waals surface area contributed by atoms with E-state index in [9.17, 15) is 14.0 Å². The fourth-order valence-corrected chi connectivity index (χ4v) is 2.78. The number of hydrogen-bond donors (Lipinski definition) is 2. The van der Waals surface area contributed by atoms with Crippen molar-refractivity contribution in [2.24, 2.45) is 0 Å². The van der Waals surface area contributed by atoms with Crippen LogP contribution in [0.5, 0.6) is 5.75 Å². The van der Waals surface area contributed by atoms with Crippen LogP contribution in [0.2, 0.25) is 0 Å². The summed E-state index contributed by atoms with van der Waals surface area (Å²) in [7, 11) is 0. The van der Waals surface area contributed by atoms with Crippen LogP contribution in [-0.4, -0.2) is 53.2 Å². The smallest absolute Gasteiger partial charge is 0.317 e. The third-order valence-corrected chi connectivity index (χ3v) is 4.23. The number of carboxylic acid groups (broad SMARTS) is 1. The molecule has 1 aromatic carbocycles. The molecule has 24 heavy (non-hydrogen) atoms. The number of rotatable bonds is 8. The molecular formula is C17H23FN2O4. The largest absolute Gasteiger partial charge is 0.480 e.